The zero-order valence-corrected chi connectivity index (χ0v) is 11.2. The van der Waals surface area contributed by atoms with E-state index in [-0.39, 0.29) is 5.91 Å². The molecule has 1 saturated heterocycles. The minimum Gasteiger partial charge on any atom is -0.389 e. The van der Waals surface area contributed by atoms with Gasteiger partial charge < -0.3 is 10.0 Å². The molecule has 4 nitrogen and oxygen atoms in total. The molecule has 1 N–H and O–H groups in total. The van der Waals surface area contributed by atoms with E-state index in [1.54, 1.807) is 17.2 Å². The first-order chi connectivity index (χ1) is 9.08. The number of para-hydroxylation sites is 1. The molecule has 19 heavy (non-hydrogen) atoms. The number of aromatic nitrogens is 1. The number of fused-ring (bicyclic) bond motifs is 1. The highest BCUT2D eigenvalue weighted by atomic mass is 35.5. The largest absolute Gasteiger partial charge is 0.389 e. The Kier molecular flexibility index (Phi) is 2.92. The van der Waals surface area contributed by atoms with E-state index >= 15 is 0 Å². The summed E-state index contributed by atoms with van der Waals surface area (Å²) in [5.74, 6) is -0.0859. The van der Waals surface area contributed by atoms with Crippen molar-refractivity contribution in [2.75, 3.05) is 13.1 Å². The van der Waals surface area contributed by atoms with Gasteiger partial charge in [-0.05, 0) is 18.6 Å². The van der Waals surface area contributed by atoms with Crippen molar-refractivity contribution in [3.63, 3.8) is 0 Å². The van der Waals surface area contributed by atoms with E-state index in [4.69, 9.17) is 11.6 Å². The summed E-state index contributed by atoms with van der Waals surface area (Å²) in [4.78, 5) is 18.2. The molecule has 1 fully saturated rings. The van der Waals surface area contributed by atoms with Gasteiger partial charge in [0.05, 0.1) is 22.2 Å². The van der Waals surface area contributed by atoms with Gasteiger partial charge in [-0.2, -0.15) is 0 Å². The van der Waals surface area contributed by atoms with E-state index in [1.165, 1.54) is 0 Å². The molecule has 0 atom stereocenters. The molecule has 0 aliphatic carbocycles. The van der Waals surface area contributed by atoms with Crippen LogP contribution in [0, 0.1) is 6.92 Å². The van der Waals surface area contributed by atoms with E-state index in [0.717, 1.165) is 10.9 Å². The van der Waals surface area contributed by atoms with Gasteiger partial charge in [0.1, 0.15) is 0 Å². The molecule has 1 aliphatic rings. The van der Waals surface area contributed by atoms with Crippen molar-refractivity contribution in [1.29, 1.82) is 0 Å². The summed E-state index contributed by atoms with van der Waals surface area (Å²) >= 11 is 6.09. The number of benzene rings is 1. The van der Waals surface area contributed by atoms with Crippen molar-refractivity contribution >= 4 is 28.4 Å². The maximum atomic E-state index is 12.3. The Morgan fingerprint density at radius 1 is 1.47 bits per heavy atom. The van der Waals surface area contributed by atoms with Crippen LogP contribution in [0.25, 0.3) is 10.9 Å². The quantitative estimate of drug-likeness (QED) is 0.867. The Labute approximate surface area is 115 Å². The third-order valence-corrected chi connectivity index (χ3v) is 3.80. The Morgan fingerprint density at radius 2 is 2.21 bits per heavy atom. The molecule has 2 aromatic rings. The Morgan fingerprint density at radius 3 is 2.89 bits per heavy atom. The topological polar surface area (TPSA) is 53.4 Å². The van der Waals surface area contributed by atoms with Crippen molar-refractivity contribution in [3.8, 4) is 0 Å². The first kappa shape index (κ1) is 12.4. The Bertz CT molecular complexity index is 666. The molecule has 3 rings (SSSR count). The lowest BCUT2D eigenvalue weighted by atomic mass is 10.0. The van der Waals surface area contributed by atoms with Crippen LogP contribution in [0.15, 0.2) is 24.4 Å². The predicted octanol–water partition coefficient (Wildman–Crippen LogP) is 2.01. The lowest BCUT2D eigenvalue weighted by molar-refractivity contribution is 0.00583. The molecule has 1 aromatic carbocycles. The number of nitrogens with zero attached hydrogens (tertiary/aromatic N) is 2. The van der Waals surface area contributed by atoms with Crippen molar-refractivity contribution in [2.24, 2.45) is 0 Å². The second-order valence-electron chi connectivity index (χ2n) is 4.80. The fourth-order valence-corrected chi connectivity index (χ4v) is 2.55. The van der Waals surface area contributed by atoms with E-state index in [9.17, 15) is 9.90 Å². The number of rotatable bonds is 1. The summed E-state index contributed by atoms with van der Waals surface area (Å²) in [7, 11) is 0. The van der Waals surface area contributed by atoms with Gasteiger partial charge in [0.25, 0.3) is 5.91 Å². The number of halogens is 1. The number of likely N-dealkylation sites (tertiary alicyclic amines) is 1. The number of hydrogen-bond donors (Lipinski definition) is 1. The van der Waals surface area contributed by atoms with Crippen molar-refractivity contribution in [1.82, 2.24) is 9.88 Å². The van der Waals surface area contributed by atoms with Crippen LogP contribution < -0.4 is 0 Å². The Balaban J connectivity index is 2.06. The highest BCUT2D eigenvalue weighted by Crippen LogP contribution is 2.26. The van der Waals surface area contributed by atoms with E-state index in [1.807, 2.05) is 19.1 Å². The first-order valence-corrected chi connectivity index (χ1v) is 6.47. The fourth-order valence-electron chi connectivity index (χ4n) is 2.33. The van der Waals surface area contributed by atoms with Gasteiger partial charge in [-0.1, -0.05) is 23.7 Å². The van der Waals surface area contributed by atoms with Crippen LogP contribution in [0.4, 0.5) is 0 Å². The number of aliphatic hydroxyl groups excluding tert-OH is 1. The average molecular weight is 277 g/mol. The molecule has 1 aromatic heterocycles. The number of hydrogen-bond acceptors (Lipinski definition) is 3. The minimum absolute atomic E-state index is 0.0859. The van der Waals surface area contributed by atoms with Gasteiger partial charge in [-0.15, -0.1) is 0 Å². The fraction of sp³-hybridized carbons (Fsp3) is 0.286. The molecule has 2 heterocycles. The lowest BCUT2D eigenvalue weighted by Crippen LogP contribution is -2.53. The van der Waals surface area contributed by atoms with Crippen LogP contribution >= 0.6 is 11.6 Å². The van der Waals surface area contributed by atoms with E-state index in [2.05, 4.69) is 4.98 Å². The molecule has 0 unspecified atom stereocenters. The summed E-state index contributed by atoms with van der Waals surface area (Å²) in [6.07, 6.45) is 1.17. The van der Waals surface area contributed by atoms with Crippen LogP contribution in [0.2, 0.25) is 5.02 Å². The highest BCUT2D eigenvalue weighted by Gasteiger charge is 2.30. The normalized spacial score (nSPS) is 15.6. The summed E-state index contributed by atoms with van der Waals surface area (Å²) in [5.41, 5.74) is 2.16. The van der Waals surface area contributed by atoms with Crippen LogP contribution in [-0.4, -0.2) is 40.1 Å². The molecule has 0 saturated carbocycles. The Hall–Kier alpha value is -1.65. The van der Waals surface area contributed by atoms with Crippen LogP contribution in [-0.2, 0) is 0 Å². The molecule has 0 radical (unpaired) electrons. The maximum absolute atomic E-state index is 12.3. The van der Waals surface area contributed by atoms with Gasteiger partial charge in [-0.25, -0.2) is 0 Å². The molecule has 98 valence electrons. The summed E-state index contributed by atoms with van der Waals surface area (Å²) in [6.45, 7) is 2.68. The number of carbonyl (C=O) groups excluding carboxylic acids is 1. The minimum atomic E-state index is -0.396. The lowest BCUT2D eigenvalue weighted by Gasteiger charge is -2.36. The molecule has 1 aliphatic heterocycles. The van der Waals surface area contributed by atoms with E-state index < -0.39 is 6.10 Å². The molecule has 0 spiro atoms. The van der Waals surface area contributed by atoms with Gasteiger partial charge in [0.2, 0.25) is 0 Å². The SMILES string of the molecule is Cc1c(C(=O)N2CC(O)C2)cnc2c(Cl)cccc12. The van der Waals surface area contributed by atoms with Crippen molar-refractivity contribution < 1.29 is 9.90 Å². The second-order valence-corrected chi connectivity index (χ2v) is 5.20. The summed E-state index contributed by atoms with van der Waals surface area (Å²) in [5, 5.41) is 10.7. The second kappa shape index (κ2) is 4.47. The summed E-state index contributed by atoms with van der Waals surface area (Å²) in [6, 6.07) is 5.54. The molecule has 5 heteroatoms. The number of carbonyl (C=O) groups is 1. The van der Waals surface area contributed by atoms with E-state index in [0.29, 0.717) is 29.2 Å². The van der Waals surface area contributed by atoms with Gasteiger partial charge in [-0.3, -0.25) is 9.78 Å². The maximum Gasteiger partial charge on any atom is 0.255 e. The molecular weight excluding hydrogens is 264 g/mol. The first-order valence-electron chi connectivity index (χ1n) is 6.09. The standard InChI is InChI=1S/C14H13ClN2O2/c1-8-10-3-2-4-12(15)13(10)16-5-11(8)14(19)17-6-9(18)7-17/h2-5,9,18H,6-7H2,1H3. The zero-order valence-electron chi connectivity index (χ0n) is 10.4. The van der Waals surface area contributed by atoms with Gasteiger partial charge >= 0.3 is 0 Å². The average Bonchev–Trinajstić information content (AvgIpc) is 2.36. The molecule has 0 bridgehead atoms. The van der Waals surface area contributed by atoms with Crippen LogP contribution in [0.3, 0.4) is 0 Å². The number of amides is 1. The van der Waals surface area contributed by atoms with Gasteiger partial charge in [0.15, 0.2) is 0 Å². The number of aliphatic hydroxyl groups is 1. The van der Waals surface area contributed by atoms with Crippen molar-refractivity contribution in [3.05, 3.63) is 40.5 Å². The molecular formula is C14H13ClN2O2. The summed E-state index contributed by atoms with van der Waals surface area (Å²) < 4.78 is 0. The third-order valence-electron chi connectivity index (χ3n) is 3.50. The number of aryl methyl sites for hydroxylation is 1. The van der Waals surface area contributed by atoms with Crippen molar-refractivity contribution in [2.45, 2.75) is 13.0 Å². The number of β-amino-alcohol motifs (C(OH)–C–C–N with tert-alkyl or cyclic N) is 1. The molecule has 1 amide bonds. The van der Waals surface area contributed by atoms with Crippen LogP contribution in [0.1, 0.15) is 15.9 Å². The predicted molar refractivity (Wildman–Crippen MR) is 73.4 cm³/mol. The van der Waals surface area contributed by atoms with Gasteiger partial charge in [0, 0.05) is 24.7 Å². The monoisotopic (exact) mass is 276 g/mol. The highest BCUT2D eigenvalue weighted by molar-refractivity contribution is 6.35. The van der Waals surface area contributed by atoms with Crippen LogP contribution in [0.5, 0.6) is 0 Å². The number of pyridine rings is 1. The third kappa shape index (κ3) is 1.97. The zero-order chi connectivity index (χ0) is 13.6. The smallest absolute Gasteiger partial charge is 0.255 e.